The lowest BCUT2D eigenvalue weighted by Gasteiger charge is -2.47. The Hall–Kier alpha value is -1.24. The van der Waals surface area contributed by atoms with Crippen molar-refractivity contribution in [3.63, 3.8) is 0 Å². The minimum Gasteiger partial charge on any atom is -0.381 e. The molecule has 1 aromatic rings. The van der Waals surface area contributed by atoms with Crippen LogP contribution in [0.1, 0.15) is 37.7 Å². The predicted octanol–water partition coefficient (Wildman–Crippen LogP) is 3.73. The smallest absolute Gasteiger partial charge is 0.101 e. The van der Waals surface area contributed by atoms with E-state index in [9.17, 15) is 0 Å². The van der Waals surface area contributed by atoms with Gasteiger partial charge < -0.3 is 10.1 Å². The van der Waals surface area contributed by atoms with Gasteiger partial charge in [0.2, 0.25) is 0 Å². The summed E-state index contributed by atoms with van der Waals surface area (Å²) in [4.78, 5) is 0. The summed E-state index contributed by atoms with van der Waals surface area (Å²) in [6, 6.07) is 7.94. The lowest BCUT2D eigenvalue weighted by molar-refractivity contribution is -0.130. The number of ether oxygens (including phenoxy) is 1. The number of nitrogens with zero attached hydrogens (tertiary/aromatic N) is 1. The van der Waals surface area contributed by atoms with Crippen LogP contribution in [0.3, 0.4) is 0 Å². The normalized spacial score (nSPS) is 24.5. The Labute approximate surface area is 118 Å². The monoisotopic (exact) mass is 276 g/mol. The molecule has 1 saturated carbocycles. The zero-order valence-electron chi connectivity index (χ0n) is 10.8. The van der Waals surface area contributed by atoms with E-state index in [1.54, 1.807) is 12.1 Å². The molecule has 100 valence electrons. The van der Waals surface area contributed by atoms with Crippen LogP contribution in [0.4, 0.5) is 5.69 Å². The summed E-state index contributed by atoms with van der Waals surface area (Å²) >= 11 is 6.01. The number of halogens is 1. The first-order valence-corrected chi connectivity index (χ1v) is 7.19. The van der Waals surface area contributed by atoms with E-state index < -0.39 is 0 Å². The van der Waals surface area contributed by atoms with Gasteiger partial charge in [0, 0.05) is 17.7 Å². The predicted molar refractivity (Wildman–Crippen MR) is 75.3 cm³/mol. The molecule has 1 aliphatic heterocycles. The van der Waals surface area contributed by atoms with E-state index in [0.717, 1.165) is 25.1 Å². The highest BCUT2D eigenvalue weighted by Gasteiger charge is 2.42. The average Bonchev–Trinajstić information content (AvgIpc) is 2.37. The lowest BCUT2D eigenvalue weighted by Crippen LogP contribution is -2.49. The summed E-state index contributed by atoms with van der Waals surface area (Å²) in [7, 11) is 0. The lowest BCUT2D eigenvalue weighted by atomic mass is 9.74. The Morgan fingerprint density at radius 2 is 2.26 bits per heavy atom. The van der Waals surface area contributed by atoms with E-state index in [1.165, 1.54) is 19.3 Å². The van der Waals surface area contributed by atoms with Gasteiger partial charge in [-0.1, -0.05) is 11.6 Å². The van der Waals surface area contributed by atoms with Gasteiger partial charge >= 0.3 is 0 Å². The van der Waals surface area contributed by atoms with Gasteiger partial charge in [0.1, 0.15) is 6.07 Å². The largest absolute Gasteiger partial charge is 0.381 e. The molecule has 3 rings (SSSR count). The minimum absolute atomic E-state index is 0.112. The van der Waals surface area contributed by atoms with Crippen molar-refractivity contribution in [3.8, 4) is 6.07 Å². The van der Waals surface area contributed by atoms with Crippen molar-refractivity contribution in [2.45, 2.75) is 43.7 Å². The molecule has 2 fully saturated rings. The third-order valence-corrected chi connectivity index (χ3v) is 4.45. The maximum absolute atomic E-state index is 9.14. The van der Waals surface area contributed by atoms with Crippen molar-refractivity contribution in [3.05, 3.63) is 28.8 Å². The molecule has 2 aliphatic rings. The second-order valence-corrected chi connectivity index (χ2v) is 5.96. The number of anilines is 1. The van der Waals surface area contributed by atoms with E-state index in [2.05, 4.69) is 11.4 Å². The average molecular weight is 277 g/mol. The Morgan fingerprint density at radius 1 is 1.42 bits per heavy atom. The Balaban J connectivity index is 1.74. The van der Waals surface area contributed by atoms with Crippen LogP contribution in [0.15, 0.2) is 18.2 Å². The molecule has 1 heterocycles. The van der Waals surface area contributed by atoms with Crippen molar-refractivity contribution in [2.24, 2.45) is 0 Å². The number of nitriles is 1. The molecule has 1 saturated heterocycles. The summed E-state index contributed by atoms with van der Waals surface area (Å²) in [5.74, 6) is 0. The summed E-state index contributed by atoms with van der Waals surface area (Å²) < 4.78 is 5.92. The highest BCUT2D eigenvalue weighted by molar-refractivity contribution is 6.30. The van der Waals surface area contributed by atoms with Gasteiger partial charge in [0.05, 0.1) is 16.9 Å². The molecule has 0 radical (unpaired) electrons. The van der Waals surface area contributed by atoms with E-state index in [4.69, 9.17) is 21.6 Å². The third kappa shape index (κ3) is 2.56. The van der Waals surface area contributed by atoms with Crippen molar-refractivity contribution < 1.29 is 4.74 Å². The molecule has 1 N–H and O–H groups in total. The molecule has 0 bridgehead atoms. The van der Waals surface area contributed by atoms with E-state index in [1.807, 2.05) is 6.07 Å². The molecular formula is C15H17ClN2O. The first-order chi connectivity index (χ1) is 9.21. The molecule has 1 spiro atoms. The van der Waals surface area contributed by atoms with Crippen LogP contribution in [0.5, 0.6) is 0 Å². The first kappa shape index (κ1) is 12.8. The molecule has 3 nitrogen and oxygen atoms in total. The maximum Gasteiger partial charge on any atom is 0.101 e. The van der Waals surface area contributed by atoms with Crippen molar-refractivity contribution in [1.82, 2.24) is 0 Å². The highest BCUT2D eigenvalue weighted by atomic mass is 35.5. The topological polar surface area (TPSA) is 45.0 Å². The van der Waals surface area contributed by atoms with Crippen LogP contribution < -0.4 is 5.32 Å². The fourth-order valence-electron chi connectivity index (χ4n) is 3.02. The molecule has 19 heavy (non-hydrogen) atoms. The van der Waals surface area contributed by atoms with Crippen molar-refractivity contribution in [2.75, 3.05) is 11.9 Å². The second kappa shape index (κ2) is 5.03. The molecule has 4 heteroatoms. The number of rotatable bonds is 2. The quantitative estimate of drug-likeness (QED) is 0.895. The summed E-state index contributed by atoms with van der Waals surface area (Å²) in [6.07, 6.45) is 5.63. The van der Waals surface area contributed by atoms with Crippen LogP contribution in [0.2, 0.25) is 5.02 Å². The Bertz CT molecular complexity index is 519. The molecule has 1 atom stereocenters. The van der Waals surface area contributed by atoms with Crippen LogP contribution in [0.25, 0.3) is 0 Å². The van der Waals surface area contributed by atoms with Gasteiger partial charge in [-0.2, -0.15) is 5.26 Å². The standard InChI is InChI=1S/C15H17ClN2O/c16-12-3-2-11(10-17)14(8-12)18-13-4-7-19-15(9-13)5-1-6-15/h2-3,8,13,18H,1,4-7,9H2. The molecule has 0 amide bonds. The van der Waals surface area contributed by atoms with Crippen LogP contribution in [0, 0.1) is 11.3 Å². The first-order valence-electron chi connectivity index (χ1n) is 6.81. The second-order valence-electron chi connectivity index (χ2n) is 5.52. The van der Waals surface area contributed by atoms with Gasteiger partial charge in [0.15, 0.2) is 0 Å². The number of hydrogen-bond acceptors (Lipinski definition) is 3. The van der Waals surface area contributed by atoms with E-state index >= 15 is 0 Å². The Morgan fingerprint density at radius 3 is 2.95 bits per heavy atom. The Kier molecular flexibility index (Phi) is 3.38. The molecule has 0 aromatic heterocycles. The highest BCUT2D eigenvalue weighted by Crippen LogP contribution is 2.43. The number of nitrogens with one attached hydrogen (secondary N) is 1. The van der Waals surface area contributed by atoms with Crippen LogP contribution in [-0.2, 0) is 4.74 Å². The zero-order valence-corrected chi connectivity index (χ0v) is 11.5. The molecule has 1 unspecified atom stereocenters. The summed E-state index contributed by atoms with van der Waals surface area (Å²) in [5.41, 5.74) is 1.61. The summed E-state index contributed by atoms with van der Waals surface area (Å²) in [5, 5.41) is 13.3. The van der Waals surface area contributed by atoms with Gasteiger partial charge in [0.25, 0.3) is 0 Å². The fraction of sp³-hybridized carbons (Fsp3) is 0.533. The molecule has 1 aliphatic carbocycles. The molecule has 1 aromatic carbocycles. The zero-order chi connectivity index (χ0) is 13.3. The van der Waals surface area contributed by atoms with E-state index in [-0.39, 0.29) is 5.60 Å². The maximum atomic E-state index is 9.14. The van der Waals surface area contributed by atoms with Gasteiger partial charge in [-0.05, 0) is 50.3 Å². The number of benzene rings is 1. The van der Waals surface area contributed by atoms with Crippen molar-refractivity contribution in [1.29, 1.82) is 5.26 Å². The van der Waals surface area contributed by atoms with E-state index in [0.29, 0.717) is 16.6 Å². The van der Waals surface area contributed by atoms with Crippen LogP contribution >= 0.6 is 11.6 Å². The SMILES string of the molecule is N#Cc1ccc(Cl)cc1NC1CCOC2(CCC2)C1. The minimum atomic E-state index is 0.112. The van der Waals surface area contributed by atoms with Gasteiger partial charge in [-0.15, -0.1) is 0 Å². The molecular weight excluding hydrogens is 260 g/mol. The summed E-state index contributed by atoms with van der Waals surface area (Å²) in [6.45, 7) is 0.806. The third-order valence-electron chi connectivity index (χ3n) is 4.22. The van der Waals surface area contributed by atoms with Gasteiger partial charge in [-0.25, -0.2) is 0 Å². The number of hydrogen-bond donors (Lipinski definition) is 1. The van der Waals surface area contributed by atoms with Gasteiger partial charge in [-0.3, -0.25) is 0 Å². The van der Waals surface area contributed by atoms with Crippen LogP contribution in [-0.4, -0.2) is 18.2 Å². The van der Waals surface area contributed by atoms with Crippen molar-refractivity contribution >= 4 is 17.3 Å². The fourth-order valence-corrected chi connectivity index (χ4v) is 3.20.